The summed E-state index contributed by atoms with van der Waals surface area (Å²) in [6.07, 6.45) is 4.06. The third-order valence-electron chi connectivity index (χ3n) is 5.37. The molecule has 3 rings (SSSR count). The predicted molar refractivity (Wildman–Crippen MR) is 112 cm³/mol. The molecule has 2 saturated heterocycles. The molecule has 0 saturated carbocycles. The van der Waals surface area contributed by atoms with E-state index in [0.717, 1.165) is 31.2 Å². The molecule has 0 aliphatic carbocycles. The molecule has 1 aromatic rings. The molecule has 9 heteroatoms. The van der Waals surface area contributed by atoms with Crippen molar-refractivity contribution in [2.75, 3.05) is 51.1 Å². The second-order valence-electron chi connectivity index (χ2n) is 7.51. The SMILES string of the molecule is Cc1ccc(NC(=O)CN2CCN(S(=O)(=O)N3CCCCCC3)CC2)cc1Cl. The van der Waals surface area contributed by atoms with Gasteiger partial charge in [-0.15, -0.1) is 0 Å². The fourth-order valence-electron chi connectivity index (χ4n) is 3.63. The molecule has 2 fully saturated rings. The number of benzene rings is 1. The Labute approximate surface area is 172 Å². The maximum atomic E-state index is 12.9. The van der Waals surface area contributed by atoms with E-state index < -0.39 is 10.2 Å². The largest absolute Gasteiger partial charge is 0.325 e. The average Bonchev–Trinajstić information content (AvgIpc) is 2.95. The van der Waals surface area contributed by atoms with E-state index in [4.69, 9.17) is 11.6 Å². The molecule has 0 radical (unpaired) electrons. The standard InChI is InChI=1S/C19H29ClN4O3S/c1-16-6-7-17(14-18(16)20)21-19(25)15-22-10-12-24(13-11-22)28(26,27)23-8-4-2-3-5-9-23/h6-7,14H,2-5,8-13,15H2,1H3,(H,21,25). The van der Waals surface area contributed by atoms with E-state index in [1.54, 1.807) is 14.7 Å². The Balaban J connectivity index is 1.49. The Bertz CT molecular complexity index is 786. The molecule has 2 aliphatic heterocycles. The van der Waals surface area contributed by atoms with Crippen molar-refractivity contribution in [2.24, 2.45) is 0 Å². The first-order chi connectivity index (χ1) is 13.4. The van der Waals surface area contributed by atoms with Gasteiger partial charge in [-0.2, -0.15) is 17.0 Å². The van der Waals surface area contributed by atoms with Crippen LogP contribution in [0.1, 0.15) is 31.2 Å². The molecule has 0 spiro atoms. The number of nitrogens with zero attached hydrogens (tertiary/aromatic N) is 3. The molecule has 0 aromatic heterocycles. The van der Waals surface area contributed by atoms with Gasteiger partial charge in [-0.1, -0.05) is 30.5 Å². The maximum absolute atomic E-state index is 12.9. The molecule has 2 aliphatic rings. The molecule has 1 N–H and O–H groups in total. The minimum atomic E-state index is -3.39. The molecule has 1 amide bonds. The van der Waals surface area contributed by atoms with Crippen molar-refractivity contribution < 1.29 is 13.2 Å². The Kier molecular flexibility index (Phi) is 7.33. The van der Waals surface area contributed by atoms with Crippen molar-refractivity contribution in [3.8, 4) is 0 Å². The summed E-state index contributed by atoms with van der Waals surface area (Å²) in [7, 11) is -3.39. The van der Waals surface area contributed by atoms with Crippen LogP contribution in [0.25, 0.3) is 0 Å². The highest BCUT2D eigenvalue weighted by Crippen LogP contribution is 2.20. The maximum Gasteiger partial charge on any atom is 0.282 e. The zero-order valence-corrected chi connectivity index (χ0v) is 17.9. The van der Waals surface area contributed by atoms with Crippen LogP contribution < -0.4 is 5.32 Å². The van der Waals surface area contributed by atoms with Crippen molar-refractivity contribution in [3.05, 3.63) is 28.8 Å². The van der Waals surface area contributed by atoms with Gasteiger partial charge in [-0.05, 0) is 37.5 Å². The molecule has 7 nitrogen and oxygen atoms in total. The second kappa shape index (κ2) is 9.54. The van der Waals surface area contributed by atoms with Crippen molar-refractivity contribution in [3.63, 3.8) is 0 Å². The Morgan fingerprint density at radius 3 is 2.21 bits per heavy atom. The third-order valence-corrected chi connectivity index (χ3v) is 7.81. The van der Waals surface area contributed by atoms with Crippen LogP contribution in [0.5, 0.6) is 0 Å². The van der Waals surface area contributed by atoms with E-state index in [2.05, 4.69) is 5.32 Å². The van der Waals surface area contributed by atoms with E-state index in [9.17, 15) is 13.2 Å². The van der Waals surface area contributed by atoms with Gasteiger partial charge in [0.15, 0.2) is 0 Å². The number of nitrogens with one attached hydrogen (secondary N) is 1. The lowest BCUT2D eigenvalue weighted by Gasteiger charge is -2.36. The fourth-order valence-corrected chi connectivity index (χ4v) is 5.48. The molecule has 2 heterocycles. The number of hydrogen-bond donors (Lipinski definition) is 1. The van der Waals surface area contributed by atoms with E-state index in [1.807, 2.05) is 24.0 Å². The summed E-state index contributed by atoms with van der Waals surface area (Å²) in [5.74, 6) is -0.122. The molecule has 0 atom stereocenters. The van der Waals surface area contributed by atoms with Crippen LogP contribution in [-0.4, -0.2) is 73.6 Å². The summed E-state index contributed by atoms with van der Waals surface area (Å²) in [6.45, 7) is 5.32. The van der Waals surface area contributed by atoms with Gasteiger partial charge in [0.2, 0.25) is 5.91 Å². The summed E-state index contributed by atoms with van der Waals surface area (Å²) in [4.78, 5) is 14.3. The first-order valence-corrected chi connectivity index (χ1v) is 11.7. The number of anilines is 1. The lowest BCUT2D eigenvalue weighted by molar-refractivity contribution is -0.117. The molecule has 28 heavy (non-hydrogen) atoms. The highest BCUT2D eigenvalue weighted by Gasteiger charge is 2.32. The highest BCUT2D eigenvalue weighted by atomic mass is 35.5. The average molecular weight is 429 g/mol. The second-order valence-corrected chi connectivity index (χ2v) is 9.84. The van der Waals surface area contributed by atoms with E-state index in [1.165, 1.54) is 0 Å². The molecule has 156 valence electrons. The normalized spacial score (nSPS) is 20.6. The first-order valence-electron chi connectivity index (χ1n) is 9.90. The molecule has 1 aromatic carbocycles. The van der Waals surface area contributed by atoms with Crippen LogP contribution in [0.15, 0.2) is 18.2 Å². The lowest BCUT2D eigenvalue weighted by atomic mass is 10.2. The summed E-state index contributed by atoms with van der Waals surface area (Å²) < 4.78 is 28.9. The lowest BCUT2D eigenvalue weighted by Crippen LogP contribution is -2.54. The van der Waals surface area contributed by atoms with Crippen LogP contribution in [0, 0.1) is 6.92 Å². The van der Waals surface area contributed by atoms with Crippen molar-refractivity contribution in [1.82, 2.24) is 13.5 Å². The molecular weight excluding hydrogens is 400 g/mol. The third kappa shape index (κ3) is 5.45. The van der Waals surface area contributed by atoms with E-state index in [0.29, 0.717) is 50.0 Å². The Morgan fingerprint density at radius 2 is 1.61 bits per heavy atom. The van der Waals surface area contributed by atoms with Gasteiger partial charge in [0.05, 0.1) is 6.54 Å². The van der Waals surface area contributed by atoms with Crippen LogP contribution in [0.2, 0.25) is 5.02 Å². The fraction of sp³-hybridized carbons (Fsp3) is 0.632. The van der Waals surface area contributed by atoms with Gasteiger partial charge in [-0.3, -0.25) is 9.69 Å². The van der Waals surface area contributed by atoms with Gasteiger partial charge in [0, 0.05) is 50.0 Å². The number of carbonyl (C=O) groups excluding carboxylic acids is 1. The minimum Gasteiger partial charge on any atom is -0.325 e. The molecular formula is C19H29ClN4O3S. The van der Waals surface area contributed by atoms with Crippen LogP contribution in [-0.2, 0) is 15.0 Å². The van der Waals surface area contributed by atoms with E-state index >= 15 is 0 Å². The Morgan fingerprint density at radius 1 is 1.00 bits per heavy atom. The quantitative estimate of drug-likeness (QED) is 0.781. The number of amides is 1. The summed E-state index contributed by atoms with van der Waals surface area (Å²) in [5, 5.41) is 3.47. The summed E-state index contributed by atoms with van der Waals surface area (Å²) in [5.41, 5.74) is 1.63. The van der Waals surface area contributed by atoms with Gasteiger partial charge in [0.25, 0.3) is 10.2 Å². The van der Waals surface area contributed by atoms with Gasteiger partial charge < -0.3 is 5.32 Å². The topological polar surface area (TPSA) is 73.0 Å². The van der Waals surface area contributed by atoms with Crippen molar-refractivity contribution in [2.45, 2.75) is 32.6 Å². The number of hydrogen-bond acceptors (Lipinski definition) is 4. The molecule has 0 unspecified atom stereocenters. The van der Waals surface area contributed by atoms with Crippen LogP contribution in [0.3, 0.4) is 0 Å². The molecule has 0 bridgehead atoms. The number of carbonyl (C=O) groups is 1. The van der Waals surface area contributed by atoms with Gasteiger partial charge in [0.1, 0.15) is 0 Å². The number of aryl methyl sites for hydroxylation is 1. The minimum absolute atomic E-state index is 0.122. The summed E-state index contributed by atoms with van der Waals surface area (Å²) in [6, 6.07) is 5.43. The monoisotopic (exact) mass is 428 g/mol. The first kappa shape index (κ1) is 21.5. The van der Waals surface area contributed by atoms with Crippen molar-refractivity contribution in [1.29, 1.82) is 0 Å². The summed E-state index contributed by atoms with van der Waals surface area (Å²) >= 11 is 6.09. The smallest absolute Gasteiger partial charge is 0.282 e. The zero-order valence-electron chi connectivity index (χ0n) is 16.4. The predicted octanol–water partition coefficient (Wildman–Crippen LogP) is 2.33. The van der Waals surface area contributed by atoms with Gasteiger partial charge >= 0.3 is 0 Å². The van der Waals surface area contributed by atoms with Crippen LogP contribution in [0.4, 0.5) is 5.69 Å². The van der Waals surface area contributed by atoms with Gasteiger partial charge in [-0.25, -0.2) is 0 Å². The Hall–Kier alpha value is -1.19. The number of piperazine rings is 1. The number of rotatable bonds is 5. The van der Waals surface area contributed by atoms with Crippen molar-refractivity contribution >= 4 is 33.4 Å². The highest BCUT2D eigenvalue weighted by molar-refractivity contribution is 7.86. The van der Waals surface area contributed by atoms with E-state index in [-0.39, 0.29) is 12.5 Å². The van der Waals surface area contributed by atoms with Crippen LogP contribution >= 0.6 is 11.6 Å². The zero-order chi connectivity index (χ0) is 20.1. The number of halogens is 1.